The molecule has 6 nitrogen and oxygen atoms in total. The maximum Gasteiger partial charge on any atom is 0.230 e. The summed E-state index contributed by atoms with van der Waals surface area (Å²) < 4.78 is 30.3. The lowest BCUT2D eigenvalue weighted by Gasteiger charge is -2.44. The number of carbonyl (C=O) groups excluding carboxylic acids is 1. The van der Waals surface area contributed by atoms with Crippen LogP contribution >= 0.6 is 0 Å². The van der Waals surface area contributed by atoms with Gasteiger partial charge in [0, 0.05) is 38.9 Å². The maximum atomic E-state index is 13.0. The van der Waals surface area contributed by atoms with Gasteiger partial charge in [0.1, 0.15) is 0 Å². The molecule has 3 aliphatic heterocycles. The highest BCUT2D eigenvalue weighted by Crippen LogP contribution is 2.42. The van der Waals surface area contributed by atoms with Gasteiger partial charge in [-0.05, 0) is 32.1 Å². The highest BCUT2D eigenvalue weighted by Gasteiger charge is 2.51. The average molecular weight is 316 g/mol. The molecule has 1 spiro atoms. The van der Waals surface area contributed by atoms with Gasteiger partial charge in [0.05, 0.1) is 11.7 Å². The smallest absolute Gasteiger partial charge is 0.230 e. The molecule has 0 aromatic carbocycles. The van der Waals surface area contributed by atoms with E-state index in [-0.39, 0.29) is 11.9 Å². The van der Waals surface area contributed by atoms with Crippen LogP contribution in [-0.4, -0.2) is 68.7 Å². The summed E-state index contributed by atoms with van der Waals surface area (Å²) in [6.07, 6.45) is 5.49. The van der Waals surface area contributed by atoms with Gasteiger partial charge in [-0.1, -0.05) is 0 Å². The molecule has 120 valence electrons. The first-order valence-electron chi connectivity index (χ1n) is 7.76. The third-order valence-electron chi connectivity index (χ3n) is 5.19. The minimum atomic E-state index is -3.20. The summed E-state index contributed by atoms with van der Waals surface area (Å²) in [4.78, 5) is 15.0. The van der Waals surface area contributed by atoms with E-state index in [2.05, 4.69) is 0 Å². The number of sulfonamides is 1. The second kappa shape index (κ2) is 5.52. The Hall–Kier alpha value is -0.660. The standard InChI is InChI=1S/C14H24N2O4S/c1-21(18,19)15-8-6-14(11-15)5-2-7-16(13(14)17)12-3-9-20-10-4-12/h12H,2-11H2,1H3/t14-/m0/s1. The van der Waals surface area contributed by atoms with Crippen LogP contribution in [0.1, 0.15) is 32.1 Å². The van der Waals surface area contributed by atoms with Gasteiger partial charge < -0.3 is 9.64 Å². The average Bonchev–Trinajstić information content (AvgIpc) is 2.88. The summed E-state index contributed by atoms with van der Waals surface area (Å²) in [5, 5.41) is 0. The van der Waals surface area contributed by atoms with Gasteiger partial charge in [-0.25, -0.2) is 12.7 Å². The van der Waals surface area contributed by atoms with Crippen molar-refractivity contribution in [3.8, 4) is 0 Å². The van der Waals surface area contributed by atoms with Crippen molar-refractivity contribution >= 4 is 15.9 Å². The second-order valence-electron chi connectivity index (χ2n) is 6.57. The van der Waals surface area contributed by atoms with Gasteiger partial charge in [0.2, 0.25) is 15.9 Å². The van der Waals surface area contributed by atoms with Crippen LogP contribution in [0.3, 0.4) is 0 Å². The van der Waals surface area contributed by atoms with Gasteiger partial charge in [0.25, 0.3) is 0 Å². The van der Waals surface area contributed by atoms with Crippen molar-refractivity contribution in [2.75, 3.05) is 39.1 Å². The Morgan fingerprint density at radius 2 is 1.90 bits per heavy atom. The van der Waals surface area contributed by atoms with Crippen LogP contribution in [0.15, 0.2) is 0 Å². The first-order chi connectivity index (χ1) is 9.92. The number of likely N-dealkylation sites (tertiary alicyclic amines) is 1. The quantitative estimate of drug-likeness (QED) is 0.741. The number of hydrogen-bond donors (Lipinski definition) is 0. The van der Waals surface area contributed by atoms with Crippen molar-refractivity contribution in [3.05, 3.63) is 0 Å². The van der Waals surface area contributed by atoms with Gasteiger partial charge in [-0.3, -0.25) is 4.79 Å². The normalized spacial score (nSPS) is 33.0. The molecule has 1 atom stereocenters. The van der Waals surface area contributed by atoms with E-state index < -0.39 is 15.4 Å². The molecule has 0 N–H and O–H groups in total. The van der Waals surface area contributed by atoms with E-state index in [0.717, 1.165) is 45.4 Å². The third-order valence-corrected chi connectivity index (χ3v) is 6.44. The number of amides is 1. The van der Waals surface area contributed by atoms with Crippen LogP contribution in [0.25, 0.3) is 0 Å². The van der Waals surface area contributed by atoms with Crippen molar-refractivity contribution in [3.63, 3.8) is 0 Å². The number of hydrogen-bond acceptors (Lipinski definition) is 4. The zero-order valence-corrected chi connectivity index (χ0v) is 13.4. The molecule has 7 heteroatoms. The molecule has 3 saturated heterocycles. The highest BCUT2D eigenvalue weighted by molar-refractivity contribution is 7.88. The molecule has 3 aliphatic rings. The highest BCUT2D eigenvalue weighted by atomic mass is 32.2. The predicted octanol–water partition coefficient (Wildman–Crippen LogP) is 0.440. The van der Waals surface area contributed by atoms with E-state index in [9.17, 15) is 13.2 Å². The third kappa shape index (κ3) is 2.83. The molecular weight excluding hydrogens is 292 g/mol. The predicted molar refractivity (Wildman–Crippen MR) is 78.3 cm³/mol. The first-order valence-corrected chi connectivity index (χ1v) is 9.61. The summed E-state index contributed by atoms with van der Waals surface area (Å²) in [5.41, 5.74) is -0.473. The van der Waals surface area contributed by atoms with E-state index in [4.69, 9.17) is 4.74 Å². The Balaban J connectivity index is 1.76. The Labute approximate surface area is 126 Å². The molecule has 3 fully saturated rings. The lowest BCUT2D eigenvalue weighted by Crippen LogP contribution is -2.55. The van der Waals surface area contributed by atoms with Crippen molar-refractivity contribution < 1.29 is 17.9 Å². The SMILES string of the molecule is CS(=O)(=O)N1CC[C@@]2(CCCN(C3CCOCC3)C2=O)C1. The molecule has 3 rings (SSSR count). The van der Waals surface area contributed by atoms with Crippen LogP contribution in [-0.2, 0) is 19.6 Å². The minimum absolute atomic E-state index is 0.173. The fraction of sp³-hybridized carbons (Fsp3) is 0.929. The maximum absolute atomic E-state index is 13.0. The Morgan fingerprint density at radius 3 is 2.52 bits per heavy atom. The number of piperidine rings is 1. The van der Waals surface area contributed by atoms with Crippen LogP contribution in [0, 0.1) is 5.41 Å². The Bertz CT molecular complexity index is 515. The van der Waals surface area contributed by atoms with E-state index in [1.807, 2.05) is 4.90 Å². The minimum Gasteiger partial charge on any atom is -0.381 e. The molecule has 0 saturated carbocycles. The van der Waals surface area contributed by atoms with Crippen LogP contribution in [0.4, 0.5) is 0 Å². The van der Waals surface area contributed by atoms with Gasteiger partial charge >= 0.3 is 0 Å². The molecule has 0 aliphatic carbocycles. The fourth-order valence-electron chi connectivity index (χ4n) is 3.94. The zero-order valence-electron chi connectivity index (χ0n) is 12.6. The van der Waals surface area contributed by atoms with Crippen LogP contribution in [0.5, 0.6) is 0 Å². The van der Waals surface area contributed by atoms with E-state index in [0.29, 0.717) is 19.5 Å². The summed E-state index contributed by atoms with van der Waals surface area (Å²) in [7, 11) is -3.20. The van der Waals surface area contributed by atoms with Crippen molar-refractivity contribution in [1.82, 2.24) is 9.21 Å². The van der Waals surface area contributed by atoms with E-state index >= 15 is 0 Å². The second-order valence-corrected chi connectivity index (χ2v) is 8.55. The Kier molecular flexibility index (Phi) is 4.00. The molecule has 1 amide bonds. The van der Waals surface area contributed by atoms with Crippen molar-refractivity contribution in [2.24, 2.45) is 5.41 Å². The van der Waals surface area contributed by atoms with Gasteiger partial charge in [0.15, 0.2) is 0 Å². The summed E-state index contributed by atoms with van der Waals surface area (Å²) in [6.45, 7) is 3.09. The topological polar surface area (TPSA) is 66.9 Å². The molecule has 0 bridgehead atoms. The molecule has 0 radical (unpaired) electrons. The molecule has 0 unspecified atom stereocenters. The molecule has 3 heterocycles. The van der Waals surface area contributed by atoms with Crippen molar-refractivity contribution in [2.45, 2.75) is 38.1 Å². The largest absolute Gasteiger partial charge is 0.381 e. The van der Waals surface area contributed by atoms with Gasteiger partial charge in [-0.15, -0.1) is 0 Å². The van der Waals surface area contributed by atoms with Gasteiger partial charge in [-0.2, -0.15) is 0 Å². The summed E-state index contributed by atoms with van der Waals surface area (Å²) in [6, 6.07) is 0.274. The first kappa shape index (κ1) is 15.2. The van der Waals surface area contributed by atoms with E-state index in [1.165, 1.54) is 10.6 Å². The number of nitrogens with zero attached hydrogens (tertiary/aromatic N) is 2. The van der Waals surface area contributed by atoms with Crippen molar-refractivity contribution in [1.29, 1.82) is 0 Å². The van der Waals surface area contributed by atoms with E-state index in [1.54, 1.807) is 0 Å². The molecular formula is C14H24N2O4S. The summed E-state index contributed by atoms with van der Waals surface area (Å²) in [5.74, 6) is 0.173. The lowest BCUT2D eigenvalue weighted by molar-refractivity contribution is -0.150. The molecule has 0 aromatic rings. The number of ether oxygens (including phenoxy) is 1. The molecule has 21 heavy (non-hydrogen) atoms. The van der Waals surface area contributed by atoms with Crippen LogP contribution in [0.2, 0.25) is 0 Å². The van der Waals surface area contributed by atoms with Crippen LogP contribution < -0.4 is 0 Å². The number of rotatable bonds is 2. The Morgan fingerprint density at radius 1 is 1.19 bits per heavy atom. The zero-order chi connectivity index (χ0) is 15.1. The summed E-state index contributed by atoms with van der Waals surface area (Å²) >= 11 is 0. The number of carbonyl (C=O) groups is 1. The monoisotopic (exact) mass is 316 g/mol. The lowest BCUT2D eigenvalue weighted by atomic mass is 9.77. The molecule has 0 aromatic heterocycles. The fourth-order valence-corrected chi connectivity index (χ4v) is 4.85.